The number of rotatable bonds is 4. The SMILES string of the molecule is CC(C)C=O.CCCCOC(C)=O. The Balaban J connectivity index is 0. The fourth-order valence-electron chi connectivity index (χ4n) is 0.360. The third kappa shape index (κ3) is 24.7. The van der Waals surface area contributed by atoms with Crippen LogP contribution in [0.3, 0.4) is 0 Å². The molecule has 0 aromatic heterocycles. The number of carbonyl (C=O) groups is 2. The normalized spacial score (nSPS) is 8.69. The van der Waals surface area contributed by atoms with Gasteiger partial charge in [-0.25, -0.2) is 0 Å². The van der Waals surface area contributed by atoms with Gasteiger partial charge in [0.15, 0.2) is 0 Å². The molecule has 3 nitrogen and oxygen atoms in total. The zero-order valence-corrected chi connectivity index (χ0v) is 9.00. The molecule has 0 saturated carbocycles. The Kier molecular flexibility index (Phi) is 12.6. The lowest BCUT2D eigenvalue weighted by atomic mass is 10.3. The molecular formula is C10H20O3. The molecule has 0 saturated heterocycles. The molecule has 0 N–H and O–H groups in total. The number of hydrogen-bond donors (Lipinski definition) is 0. The van der Waals surface area contributed by atoms with Crippen LogP contribution in [0.5, 0.6) is 0 Å². The largest absolute Gasteiger partial charge is 0.466 e. The molecule has 13 heavy (non-hydrogen) atoms. The van der Waals surface area contributed by atoms with Gasteiger partial charge in [0.1, 0.15) is 6.29 Å². The summed E-state index contributed by atoms with van der Waals surface area (Å²) in [5.74, 6) is 0.0217. The van der Waals surface area contributed by atoms with Crippen molar-refractivity contribution in [2.45, 2.75) is 40.5 Å². The van der Waals surface area contributed by atoms with Crippen molar-refractivity contribution in [1.82, 2.24) is 0 Å². The van der Waals surface area contributed by atoms with Crippen molar-refractivity contribution < 1.29 is 14.3 Å². The Hall–Kier alpha value is -0.860. The van der Waals surface area contributed by atoms with Crippen molar-refractivity contribution in [2.24, 2.45) is 5.92 Å². The molecule has 0 aromatic carbocycles. The van der Waals surface area contributed by atoms with E-state index in [2.05, 4.69) is 11.7 Å². The molecule has 0 unspecified atom stereocenters. The average molecular weight is 188 g/mol. The predicted octanol–water partition coefficient (Wildman–Crippen LogP) is 2.19. The number of ether oxygens (including phenoxy) is 1. The summed E-state index contributed by atoms with van der Waals surface area (Å²) in [4.78, 5) is 19.6. The van der Waals surface area contributed by atoms with E-state index < -0.39 is 0 Å². The highest BCUT2D eigenvalue weighted by Gasteiger charge is 1.88. The first-order chi connectivity index (χ1) is 6.04. The number of aldehydes is 1. The lowest BCUT2D eigenvalue weighted by Crippen LogP contribution is -1.99. The van der Waals surface area contributed by atoms with Crippen molar-refractivity contribution in [3.63, 3.8) is 0 Å². The monoisotopic (exact) mass is 188 g/mol. The number of esters is 1. The third-order valence-electron chi connectivity index (χ3n) is 1.08. The van der Waals surface area contributed by atoms with Gasteiger partial charge in [-0.2, -0.15) is 0 Å². The Morgan fingerprint density at radius 1 is 1.46 bits per heavy atom. The topological polar surface area (TPSA) is 43.4 Å². The zero-order chi connectivity index (χ0) is 10.7. The second-order valence-corrected chi connectivity index (χ2v) is 3.07. The molecular weight excluding hydrogens is 168 g/mol. The predicted molar refractivity (Wildman–Crippen MR) is 52.4 cm³/mol. The fraction of sp³-hybridized carbons (Fsp3) is 0.800. The molecule has 0 aliphatic heterocycles. The first-order valence-electron chi connectivity index (χ1n) is 4.63. The number of hydrogen-bond acceptors (Lipinski definition) is 3. The summed E-state index contributed by atoms with van der Waals surface area (Å²) in [7, 11) is 0. The van der Waals surface area contributed by atoms with Crippen LogP contribution in [0, 0.1) is 5.92 Å². The second kappa shape index (κ2) is 11.1. The fourth-order valence-corrected chi connectivity index (χ4v) is 0.360. The summed E-state index contributed by atoms with van der Waals surface area (Å²) in [5, 5.41) is 0. The van der Waals surface area contributed by atoms with Crippen LogP contribution >= 0.6 is 0 Å². The van der Waals surface area contributed by atoms with Crippen LogP contribution in [0.15, 0.2) is 0 Å². The summed E-state index contributed by atoms with van der Waals surface area (Å²) in [6.45, 7) is 7.77. The van der Waals surface area contributed by atoms with Gasteiger partial charge in [-0.15, -0.1) is 0 Å². The van der Waals surface area contributed by atoms with Crippen LogP contribution in [0.1, 0.15) is 40.5 Å². The highest BCUT2D eigenvalue weighted by Crippen LogP contribution is 1.86. The molecule has 0 heterocycles. The van der Waals surface area contributed by atoms with Crippen LogP contribution in [0.4, 0.5) is 0 Å². The molecule has 0 rings (SSSR count). The van der Waals surface area contributed by atoms with Crippen molar-refractivity contribution in [1.29, 1.82) is 0 Å². The van der Waals surface area contributed by atoms with Crippen molar-refractivity contribution >= 4 is 12.3 Å². The summed E-state index contributed by atoms with van der Waals surface area (Å²) in [6, 6.07) is 0. The first-order valence-corrected chi connectivity index (χ1v) is 4.63. The molecule has 0 aliphatic rings. The maximum Gasteiger partial charge on any atom is 0.302 e. The molecule has 0 atom stereocenters. The Labute approximate surface area is 80.5 Å². The molecule has 3 heteroatoms. The maximum atomic E-state index is 10.1. The molecule has 0 amide bonds. The summed E-state index contributed by atoms with van der Waals surface area (Å²) >= 11 is 0. The molecule has 78 valence electrons. The van der Waals surface area contributed by atoms with Gasteiger partial charge in [0.2, 0.25) is 0 Å². The van der Waals surface area contributed by atoms with Crippen LogP contribution in [0.25, 0.3) is 0 Å². The highest BCUT2D eigenvalue weighted by molar-refractivity contribution is 5.65. The minimum absolute atomic E-state index is 0.182. The average Bonchev–Trinajstić information content (AvgIpc) is 2.05. The summed E-state index contributed by atoms with van der Waals surface area (Å²) in [6.07, 6.45) is 2.97. The van der Waals surface area contributed by atoms with Crippen LogP contribution in [-0.4, -0.2) is 18.9 Å². The van der Waals surface area contributed by atoms with Gasteiger partial charge in [-0.3, -0.25) is 4.79 Å². The Morgan fingerprint density at radius 3 is 2.15 bits per heavy atom. The van der Waals surface area contributed by atoms with Gasteiger partial charge in [0.05, 0.1) is 6.61 Å². The minimum Gasteiger partial charge on any atom is -0.466 e. The molecule has 0 aromatic rings. The van der Waals surface area contributed by atoms with E-state index in [1.807, 2.05) is 13.8 Å². The quantitative estimate of drug-likeness (QED) is 0.386. The molecule has 0 radical (unpaired) electrons. The van der Waals surface area contributed by atoms with Gasteiger partial charge in [0.25, 0.3) is 0 Å². The minimum atomic E-state index is -0.182. The molecule has 0 bridgehead atoms. The maximum absolute atomic E-state index is 10.1. The van der Waals surface area contributed by atoms with E-state index in [0.717, 1.165) is 19.1 Å². The van der Waals surface area contributed by atoms with Gasteiger partial charge < -0.3 is 9.53 Å². The number of carbonyl (C=O) groups excluding carboxylic acids is 2. The van der Waals surface area contributed by atoms with Gasteiger partial charge in [-0.1, -0.05) is 27.2 Å². The van der Waals surface area contributed by atoms with E-state index in [0.29, 0.717) is 6.61 Å². The van der Waals surface area contributed by atoms with E-state index in [1.54, 1.807) is 0 Å². The Bertz CT molecular complexity index is 130. The van der Waals surface area contributed by atoms with Crippen LogP contribution in [0.2, 0.25) is 0 Å². The lowest BCUT2D eigenvalue weighted by Gasteiger charge is -1.96. The van der Waals surface area contributed by atoms with Gasteiger partial charge in [-0.05, 0) is 6.42 Å². The van der Waals surface area contributed by atoms with E-state index in [1.165, 1.54) is 6.92 Å². The second-order valence-electron chi connectivity index (χ2n) is 3.07. The molecule has 0 spiro atoms. The standard InChI is InChI=1S/C6H12O2.C4H8O/c1-3-4-5-8-6(2)7;1-4(2)3-5/h3-5H2,1-2H3;3-4H,1-2H3. The van der Waals surface area contributed by atoms with Crippen LogP contribution in [-0.2, 0) is 14.3 Å². The number of unbranched alkanes of at least 4 members (excludes halogenated alkanes) is 1. The lowest BCUT2D eigenvalue weighted by molar-refractivity contribution is -0.141. The van der Waals surface area contributed by atoms with Crippen molar-refractivity contribution in [3.8, 4) is 0 Å². The zero-order valence-electron chi connectivity index (χ0n) is 9.00. The smallest absolute Gasteiger partial charge is 0.302 e. The third-order valence-corrected chi connectivity index (χ3v) is 1.08. The first kappa shape index (κ1) is 14.7. The van der Waals surface area contributed by atoms with Gasteiger partial charge >= 0.3 is 5.97 Å². The molecule has 0 aliphatic carbocycles. The van der Waals surface area contributed by atoms with Crippen LogP contribution < -0.4 is 0 Å². The van der Waals surface area contributed by atoms with E-state index in [-0.39, 0.29) is 11.9 Å². The van der Waals surface area contributed by atoms with E-state index >= 15 is 0 Å². The Morgan fingerprint density at radius 2 is 1.92 bits per heavy atom. The highest BCUT2D eigenvalue weighted by atomic mass is 16.5. The summed E-state index contributed by atoms with van der Waals surface area (Å²) < 4.78 is 4.64. The van der Waals surface area contributed by atoms with E-state index in [9.17, 15) is 9.59 Å². The van der Waals surface area contributed by atoms with Gasteiger partial charge in [0, 0.05) is 12.8 Å². The van der Waals surface area contributed by atoms with Crippen molar-refractivity contribution in [3.05, 3.63) is 0 Å². The van der Waals surface area contributed by atoms with Crippen molar-refractivity contribution in [2.75, 3.05) is 6.61 Å². The molecule has 0 fully saturated rings. The van der Waals surface area contributed by atoms with E-state index in [4.69, 9.17) is 0 Å². The summed E-state index contributed by atoms with van der Waals surface area (Å²) in [5.41, 5.74) is 0.